The maximum Gasteiger partial charge on any atom is 0.435 e. The molecule has 9 heteroatoms. The Bertz CT molecular complexity index is 1460. The van der Waals surface area contributed by atoms with Crippen molar-refractivity contribution in [1.29, 1.82) is 0 Å². The van der Waals surface area contributed by atoms with Gasteiger partial charge in [0.05, 0.1) is 23.4 Å². The van der Waals surface area contributed by atoms with Crippen LogP contribution in [0.25, 0.3) is 10.9 Å². The number of ether oxygens (including phenoxy) is 1. The number of aromatic nitrogens is 4. The van der Waals surface area contributed by atoms with Crippen molar-refractivity contribution in [2.24, 2.45) is 0 Å². The molecular formula is C28H31N5O3S. The van der Waals surface area contributed by atoms with Gasteiger partial charge in [-0.05, 0) is 76.6 Å². The Hall–Kier alpha value is -3.46. The summed E-state index contributed by atoms with van der Waals surface area (Å²) in [6.45, 7) is 6.22. The second-order valence-corrected chi connectivity index (χ2v) is 11.7. The van der Waals surface area contributed by atoms with Crippen molar-refractivity contribution in [2.75, 3.05) is 0 Å². The van der Waals surface area contributed by atoms with Gasteiger partial charge < -0.3 is 14.2 Å². The molecule has 37 heavy (non-hydrogen) atoms. The predicted octanol–water partition coefficient (Wildman–Crippen LogP) is 5.29. The second-order valence-electron chi connectivity index (χ2n) is 11.0. The van der Waals surface area contributed by atoms with Crippen molar-refractivity contribution in [1.82, 2.24) is 24.2 Å². The molecule has 2 aliphatic rings. The number of rotatable bonds is 5. The Morgan fingerprint density at radius 1 is 1.16 bits per heavy atom. The lowest BCUT2D eigenvalue weighted by molar-refractivity contribution is 0.0513. The average Bonchev–Trinajstić information content (AvgIpc) is 3.22. The lowest BCUT2D eigenvalue weighted by atomic mass is 9.91. The Morgan fingerprint density at radius 2 is 2.00 bits per heavy atom. The number of carbonyl (C=O) groups excluding carboxylic acids is 2. The lowest BCUT2D eigenvalue weighted by Crippen LogP contribution is -2.44. The molecular weight excluding hydrogens is 486 g/mol. The highest BCUT2D eigenvalue weighted by molar-refractivity contribution is 7.07. The third kappa shape index (κ3) is 4.80. The molecule has 1 unspecified atom stereocenters. The first-order chi connectivity index (χ1) is 17.8. The minimum Gasteiger partial charge on any atom is -0.442 e. The molecule has 0 N–H and O–H groups in total. The van der Waals surface area contributed by atoms with E-state index in [-0.39, 0.29) is 18.0 Å². The molecule has 8 nitrogen and oxygen atoms in total. The van der Waals surface area contributed by atoms with Gasteiger partial charge in [0.25, 0.3) is 5.91 Å². The Morgan fingerprint density at radius 3 is 2.73 bits per heavy atom. The minimum absolute atomic E-state index is 0.0798. The molecule has 4 aromatic rings. The van der Waals surface area contributed by atoms with Gasteiger partial charge in [0.15, 0.2) is 0 Å². The average molecular weight is 518 g/mol. The van der Waals surface area contributed by atoms with Crippen LogP contribution in [-0.4, -0.2) is 53.9 Å². The molecule has 0 bridgehead atoms. The molecule has 192 valence electrons. The molecule has 1 saturated carbocycles. The Balaban J connectivity index is 1.25. The third-order valence-electron chi connectivity index (χ3n) is 7.06. The Kier molecular flexibility index (Phi) is 5.90. The molecule has 1 fully saturated rings. The molecule has 0 saturated heterocycles. The summed E-state index contributed by atoms with van der Waals surface area (Å²) in [5, 5.41) is 7.53. The van der Waals surface area contributed by atoms with Gasteiger partial charge in [-0.1, -0.05) is 6.07 Å². The van der Waals surface area contributed by atoms with Crippen molar-refractivity contribution in [3.05, 3.63) is 70.1 Å². The van der Waals surface area contributed by atoms with Gasteiger partial charge in [-0.2, -0.15) is 9.78 Å². The van der Waals surface area contributed by atoms with Crippen molar-refractivity contribution in [3.8, 4) is 0 Å². The van der Waals surface area contributed by atoms with Crippen LogP contribution in [-0.2, 0) is 24.1 Å². The van der Waals surface area contributed by atoms with E-state index < -0.39 is 11.7 Å². The summed E-state index contributed by atoms with van der Waals surface area (Å²) in [6, 6.07) is 8.38. The summed E-state index contributed by atoms with van der Waals surface area (Å²) in [4.78, 5) is 33.1. The van der Waals surface area contributed by atoms with E-state index in [0.29, 0.717) is 13.0 Å². The van der Waals surface area contributed by atoms with Gasteiger partial charge in [-0.25, -0.2) is 9.78 Å². The number of amides is 1. The van der Waals surface area contributed by atoms with E-state index in [1.54, 1.807) is 17.5 Å². The molecule has 3 heterocycles. The first kappa shape index (κ1) is 23.9. The van der Waals surface area contributed by atoms with Crippen molar-refractivity contribution >= 4 is 34.2 Å². The van der Waals surface area contributed by atoms with Gasteiger partial charge in [0.2, 0.25) is 0 Å². The van der Waals surface area contributed by atoms with E-state index in [4.69, 9.17) is 4.74 Å². The van der Waals surface area contributed by atoms with Gasteiger partial charge >= 0.3 is 6.09 Å². The number of hydrogen-bond donors (Lipinski definition) is 0. The fraction of sp³-hybridized carbons (Fsp3) is 0.429. The van der Waals surface area contributed by atoms with Crippen LogP contribution in [0.2, 0.25) is 0 Å². The number of fused-ring (bicyclic) bond motifs is 2. The van der Waals surface area contributed by atoms with E-state index >= 15 is 0 Å². The van der Waals surface area contributed by atoms with Gasteiger partial charge in [0.1, 0.15) is 5.60 Å². The molecule has 2 aliphatic carbocycles. The summed E-state index contributed by atoms with van der Waals surface area (Å²) >= 11 is 1.59. The summed E-state index contributed by atoms with van der Waals surface area (Å²) in [7, 11) is 0. The number of benzene rings is 1. The number of hydrogen-bond acceptors (Lipinski definition) is 6. The van der Waals surface area contributed by atoms with E-state index in [1.807, 2.05) is 50.7 Å². The smallest absolute Gasteiger partial charge is 0.435 e. The van der Waals surface area contributed by atoms with E-state index in [1.165, 1.54) is 4.68 Å². The van der Waals surface area contributed by atoms with E-state index in [0.717, 1.165) is 59.1 Å². The number of aryl methyl sites for hydroxylation is 1. The van der Waals surface area contributed by atoms with Crippen molar-refractivity contribution in [2.45, 2.75) is 77.1 Å². The summed E-state index contributed by atoms with van der Waals surface area (Å²) in [5.41, 5.74) is 6.01. The zero-order valence-corrected chi connectivity index (χ0v) is 22.2. The van der Waals surface area contributed by atoms with Crippen molar-refractivity contribution in [3.63, 3.8) is 0 Å². The number of carbonyl (C=O) groups is 2. The molecule has 1 amide bonds. The first-order valence-electron chi connectivity index (χ1n) is 12.9. The molecule has 0 aliphatic heterocycles. The van der Waals surface area contributed by atoms with Crippen LogP contribution in [0.3, 0.4) is 0 Å². The summed E-state index contributed by atoms with van der Waals surface area (Å²) in [6.07, 6.45) is 7.69. The number of nitrogens with zero attached hydrogens (tertiary/aromatic N) is 5. The predicted molar refractivity (Wildman–Crippen MR) is 142 cm³/mol. The first-order valence-corrected chi connectivity index (χ1v) is 13.8. The zero-order chi connectivity index (χ0) is 25.7. The van der Waals surface area contributed by atoms with Gasteiger partial charge in [-0.15, -0.1) is 11.3 Å². The second kappa shape index (κ2) is 9.13. The van der Waals surface area contributed by atoms with Crippen LogP contribution >= 0.6 is 11.3 Å². The number of thiazole rings is 1. The monoisotopic (exact) mass is 517 g/mol. The third-order valence-corrected chi connectivity index (χ3v) is 7.69. The molecule has 0 radical (unpaired) electrons. The zero-order valence-electron chi connectivity index (χ0n) is 21.4. The normalized spacial score (nSPS) is 17.5. The van der Waals surface area contributed by atoms with Crippen LogP contribution < -0.4 is 0 Å². The maximum atomic E-state index is 14.1. The van der Waals surface area contributed by atoms with Crippen molar-refractivity contribution < 1.29 is 14.3 Å². The van der Waals surface area contributed by atoms with Crippen LogP contribution in [0.5, 0.6) is 0 Å². The van der Waals surface area contributed by atoms with Crippen LogP contribution in [0.1, 0.15) is 67.3 Å². The molecule has 3 aromatic heterocycles. The summed E-state index contributed by atoms with van der Waals surface area (Å²) in [5.74, 6) is 0.0903. The molecule has 0 spiro atoms. The lowest BCUT2D eigenvalue weighted by Gasteiger charge is -2.34. The molecule has 6 rings (SSSR count). The van der Waals surface area contributed by atoms with E-state index in [9.17, 15) is 9.59 Å². The van der Waals surface area contributed by atoms with Gasteiger partial charge in [0, 0.05) is 46.3 Å². The topological polar surface area (TPSA) is 82.3 Å². The molecule has 1 atom stereocenters. The van der Waals surface area contributed by atoms with Crippen LogP contribution in [0.15, 0.2) is 47.5 Å². The van der Waals surface area contributed by atoms with Crippen LogP contribution in [0, 0.1) is 0 Å². The fourth-order valence-electron chi connectivity index (χ4n) is 5.28. The quantitative estimate of drug-likeness (QED) is 0.359. The standard InChI is InChI=1S/C28H31N5O3S/c1-28(2,3)36-27(35)32-14-18-13-21(9-10-24(18)30-32)33(20-7-8-20)26(34)23-5-4-6-25-22(23)11-12-31(25)15-19-16-37-17-29-19/h4-6,11-12,14,16-17,20-21H,7-10,13,15H2,1-3H3. The van der Waals surface area contributed by atoms with Crippen LogP contribution in [0.4, 0.5) is 4.79 Å². The Labute approximate surface area is 219 Å². The minimum atomic E-state index is -0.582. The SMILES string of the molecule is CC(C)(C)OC(=O)n1cc2c(n1)CCC(N(C(=O)c1cccc3c1ccn3Cc1cscn1)C1CC1)C2. The highest BCUT2D eigenvalue weighted by Crippen LogP contribution is 2.36. The highest BCUT2D eigenvalue weighted by Gasteiger charge is 2.40. The van der Waals surface area contributed by atoms with E-state index in [2.05, 4.69) is 31.0 Å². The fourth-order valence-corrected chi connectivity index (χ4v) is 5.83. The maximum absolute atomic E-state index is 14.1. The molecule has 1 aromatic carbocycles. The highest BCUT2D eigenvalue weighted by atomic mass is 32.1. The van der Waals surface area contributed by atoms with Gasteiger partial charge in [-0.3, -0.25) is 4.79 Å². The largest absolute Gasteiger partial charge is 0.442 e. The summed E-state index contributed by atoms with van der Waals surface area (Å²) < 4.78 is 8.95.